The third-order valence-electron chi connectivity index (χ3n) is 5.27. The number of methoxy groups -OCH3 is 1. The quantitative estimate of drug-likeness (QED) is 0.294. The van der Waals surface area contributed by atoms with E-state index in [9.17, 15) is 9.59 Å². The summed E-state index contributed by atoms with van der Waals surface area (Å²) >= 11 is 9.03. The largest absolute Gasteiger partial charge is 0.453 e. The second-order valence-corrected chi connectivity index (χ2v) is 10.3. The number of hydrogen-bond donors (Lipinski definition) is 2. The van der Waals surface area contributed by atoms with Crippen LogP contribution in [-0.4, -0.2) is 30.1 Å². The van der Waals surface area contributed by atoms with Crippen molar-refractivity contribution in [2.45, 2.75) is 24.9 Å². The first-order valence-corrected chi connectivity index (χ1v) is 12.9. The lowest BCUT2D eigenvalue weighted by atomic mass is 10.0. The maximum Gasteiger partial charge on any atom is 0.407 e. The van der Waals surface area contributed by atoms with Gasteiger partial charge in [0.05, 0.1) is 28.1 Å². The highest BCUT2D eigenvalue weighted by Crippen LogP contribution is 2.33. The number of aromatic nitrogens is 1. The van der Waals surface area contributed by atoms with E-state index in [4.69, 9.17) is 21.3 Å². The average molecular weight is 525 g/mol. The van der Waals surface area contributed by atoms with E-state index in [1.165, 1.54) is 29.8 Å². The normalized spacial score (nSPS) is 12.5. The van der Waals surface area contributed by atoms with E-state index >= 15 is 0 Å². The van der Waals surface area contributed by atoms with Gasteiger partial charge in [-0.15, -0.1) is 22.7 Å². The molecule has 0 aliphatic heterocycles. The Morgan fingerprint density at radius 1 is 1.03 bits per heavy atom. The molecule has 2 amide bonds. The predicted molar refractivity (Wildman–Crippen MR) is 140 cm³/mol. The fourth-order valence-electron chi connectivity index (χ4n) is 3.54. The summed E-state index contributed by atoms with van der Waals surface area (Å²) in [6.45, 7) is 0. The zero-order valence-electron chi connectivity index (χ0n) is 18.9. The number of halogens is 1. The van der Waals surface area contributed by atoms with Gasteiger partial charge >= 0.3 is 6.09 Å². The zero-order chi connectivity index (χ0) is 24.6. The van der Waals surface area contributed by atoms with Crippen LogP contribution in [0.5, 0.6) is 0 Å². The molecule has 0 unspecified atom stereocenters. The van der Waals surface area contributed by atoms with Crippen molar-refractivity contribution >= 4 is 46.3 Å². The van der Waals surface area contributed by atoms with Crippen LogP contribution in [-0.2, 0) is 22.4 Å². The van der Waals surface area contributed by atoms with Gasteiger partial charge < -0.3 is 15.4 Å². The average Bonchev–Trinajstić information content (AvgIpc) is 3.53. The van der Waals surface area contributed by atoms with Crippen molar-refractivity contribution in [3.63, 3.8) is 0 Å². The van der Waals surface area contributed by atoms with Crippen molar-refractivity contribution in [1.29, 1.82) is 0 Å². The molecule has 0 saturated heterocycles. The molecule has 179 valence electrons. The number of rotatable bonds is 9. The molecule has 0 saturated carbocycles. The van der Waals surface area contributed by atoms with Gasteiger partial charge in [-0.1, -0.05) is 66.2 Å². The number of carbonyl (C=O) groups excluding carboxylic acids is 2. The number of thiophene rings is 1. The summed E-state index contributed by atoms with van der Waals surface area (Å²) in [5.41, 5.74) is 2.77. The molecule has 0 aliphatic carbocycles. The number of thiazole rings is 1. The Morgan fingerprint density at radius 2 is 1.77 bits per heavy atom. The van der Waals surface area contributed by atoms with Gasteiger partial charge in [-0.2, -0.15) is 0 Å². The van der Waals surface area contributed by atoms with Gasteiger partial charge in [-0.25, -0.2) is 9.78 Å². The molecule has 4 rings (SSSR count). The Kier molecular flexibility index (Phi) is 8.52. The van der Waals surface area contributed by atoms with Gasteiger partial charge in [0, 0.05) is 11.8 Å². The van der Waals surface area contributed by atoms with Gasteiger partial charge in [-0.05, 0) is 35.7 Å². The molecular weight excluding hydrogens is 502 g/mol. The number of alkyl carbamates (subject to hydrolysis) is 1. The minimum absolute atomic E-state index is 0.317. The van der Waals surface area contributed by atoms with Gasteiger partial charge in [0.1, 0.15) is 11.0 Å². The molecular formula is C26H23ClN3O3S2. The maximum atomic E-state index is 13.4. The van der Waals surface area contributed by atoms with Crippen molar-refractivity contribution in [2.24, 2.45) is 0 Å². The molecule has 1 radical (unpaired) electrons. The van der Waals surface area contributed by atoms with E-state index in [1.54, 1.807) is 0 Å². The van der Waals surface area contributed by atoms with Crippen molar-refractivity contribution in [3.8, 4) is 10.6 Å². The molecule has 2 atom stereocenters. The van der Waals surface area contributed by atoms with Crippen LogP contribution < -0.4 is 10.6 Å². The second kappa shape index (κ2) is 12.0. The van der Waals surface area contributed by atoms with Crippen LogP contribution in [0.15, 0.2) is 72.1 Å². The van der Waals surface area contributed by atoms with Crippen LogP contribution in [0.4, 0.5) is 4.79 Å². The number of ether oxygens (including phenoxy) is 1. The van der Waals surface area contributed by atoms with Gasteiger partial charge in [0.25, 0.3) is 0 Å². The van der Waals surface area contributed by atoms with E-state index in [1.807, 2.05) is 72.1 Å². The Balaban J connectivity index is 1.58. The maximum absolute atomic E-state index is 13.4. The minimum atomic E-state index is -0.813. The highest BCUT2D eigenvalue weighted by Gasteiger charge is 2.26. The molecule has 0 spiro atoms. The Morgan fingerprint density at radius 3 is 2.46 bits per heavy atom. The Bertz CT molecular complexity index is 1260. The van der Waals surface area contributed by atoms with Crippen LogP contribution in [0.3, 0.4) is 0 Å². The summed E-state index contributed by atoms with van der Waals surface area (Å²) < 4.78 is 5.45. The van der Waals surface area contributed by atoms with E-state index < -0.39 is 18.2 Å². The van der Waals surface area contributed by atoms with E-state index in [0.717, 1.165) is 26.7 Å². The van der Waals surface area contributed by atoms with E-state index in [-0.39, 0.29) is 5.91 Å². The zero-order valence-corrected chi connectivity index (χ0v) is 21.3. The molecule has 0 bridgehead atoms. The number of hydrogen-bond acceptors (Lipinski definition) is 6. The van der Waals surface area contributed by atoms with Crippen molar-refractivity contribution in [2.75, 3.05) is 7.11 Å². The molecule has 2 heterocycles. The van der Waals surface area contributed by atoms with Crippen molar-refractivity contribution in [1.82, 2.24) is 15.6 Å². The third kappa shape index (κ3) is 6.91. The molecule has 0 fully saturated rings. The topological polar surface area (TPSA) is 80.3 Å². The lowest BCUT2D eigenvalue weighted by molar-refractivity contribution is -0.123. The molecule has 4 aromatic rings. The first-order chi connectivity index (χ1) is 17.0. The predicted octanol–water partition coefficient (Wildman–Crippen LogP) is 5.69. The fourth-order valence-corrected chi connectivity index (χ4v) is 5.49. The molecule has 2 aromatic carbocycles. The standard InChI is InChI=1S/C26H23ClN3O3S2/c1-33-26(32)30-19(14-17-8-4-2-5-9-17)24(31)28-20(15-18-10-6-3-7-11-18)25-29-21(16-34-25)22-12-13-23(27)35-22/h2,4-13,16,19-20H,14-15H2,1H3,(H,28,31)(H,30,32)/t19-,20-/m0/s1. The van der Waals surface area contributed by atoms with Crippen LogP contribution in [0.2, 0.25) is 4.34 Å². The smallest absolute Gasteiger partial charge is 0.407 e. The highest BCUT2D eigenvalue weighted by molar-refractivity contribution is 7.19. The molecule has 35 heavy (non-hydrogen) atoms. The molecule has 6 nitrogen and oxygen atoms in total. The summed E-state index contributed by atoms with van der Waals surface area (Å²) in [6, 6.07) is 22.7. The van der Waals surface area contributed by atoms with Crippen LogP contribution in [0.25, 0.3) is 10.6 Å². The Labute approximate surface area is 216 Å². The third-order valence-corrected chi connectivity index (χ3v) is 7.48. The van der Waals surface area contributed by atoms with E-state index in [0.29, 0.717) is 17.2 Å². The number of carbonyl (C=O) groups is 2. The number of nitrogens with zero attached hydrogens (tertiary/aromatic N) is 1. The molecule has 9 heteroatoms. The van der Waals surface area contributed by atoms with Gasteiger partial charge in [-0.3, -0.25) is 4.79 Å². The number of nitrogens with one attached hydrogen (secondary N) is 2. The van der Waals surface area contributed by atoms with Crippen LogP contribution in [0.1, 0.15) is 22.2 Å². The van der Waals surface area contributed by atoms with E-state index in [2.05, 4.69) is 16.7 Å². The summed E-state index contributed by atoms with van der Waals surface area (Å²) in [5.74, 6) is -0.317. The van der Waals surface area contributed by atoms with Gasteiger partial charge in [0.15, 0.2) is 0 Å². The monoisotopic (exact) mass is 524 g/mol. The lowest BCUT2D eigenvalue weighted by Gasteiger charge is -2.22. The second-order valence-electron chi connectivity index (χ2n) is 7.73. The molecule has 0 aliphatic rings. The summed E-state index contributed by atoms with van der Waals surface area (Å²) in [7, 11) is 1.27. The summed E-state index contributed by atoms with van der Waals surface area (Å²) in [6.07, 6.45) is 0.197. The van der Waals surface area contributed by atoms with Crippen LogP contribution >= 0.6 is 34.3 Å². The van der Waals surface area contributed by atoms with Crippen molar-refractivity contribution in [3.05, 3.63) is 98.6 Å². The highest BCUT2D eigenvalue weighted by atomic mass is 35.5. The first-order valence-electron chi connectivity index (χ1n) is 10.9. The SMILES string of the molecule is COC(=O)N[C@@H](Cc1ccccc1)C(=O)N[C@@H](Cc1cc[c]cc1)c1nc(-c2ccc(Cl)s2)cs1. The Hall–Kier alpha value is -3.20. The summed E-state index contributed by atoms with van der Waals surface area (Å²) in [4.78, 5) is 31.2. The number of amides is 2. The van der Waals surface area contributed by atoms with Crippen LogP contribution in [0, 0.1) is 6.07 Å². The summed E-state index contributed by atoms with van der Waals surface area (Å²) in [5, 5.41) is 8.50. The number of benzene rings is 2. The molecule has 2 aromatic heterocycles. The van der Waals surface area contributed by atoms with Gasteiger partial charge in [0.2, 0.25) is 5.91 Å². The first kappa shape index (κ1) is 24.9. The fraction of sp³-hybridized carbons (Fsp3) is 0.192. The molecule has 2 N–H and O–H groups in total. The minimum Gasteiger partial charge on any atom is -0.453 e. The van der Waals surface area contributed by atoms with Crippen molar-refractivity contribution < 1.29 is 14.3 Å². The lowest BCUT2D eigenvalue weighted by Crippen LogP contribution is -2.49.